The molecule has 0 spiro atoms. The fourth-order valence-electron chi connectivity index (χ4n) is 2.40. The van der Waals surface area contributed by atoms with Crippen molar-refractivity contribution in [2.45, 2.75) is 26.7 Å². The van der Waals surface area contributed by atoms with E-state index in [-0.39, 0.29) is 17.6 Å². The number of aldehydes is 1. The summed E-state index contributed by atoms with van der Waals surface area (Å²) < 4.78 is 13.1. The molecule has 0 radical (unpaired) electrons. The van der Waals surface area contributed by atoms with Crippen LogP contribution in [0.2, 0.25) is 0 Å². The van der Waals surface area contributed by atoms with Crippen LogP contribution < -0.4 is 5.73 Å². The van der Waals surface area contributed by atoms with E-state index in [1.165, 1.54) is 12.1 Å². The van der Waals surface area contributed by atoms with E-state index >= 15 is 0 Å². The van der Waals surface area contributed by atoms with Gasteiger partial charge in [-0.15, -0.1) is 0 Å². The molecule has 0 saturated heterocycles. The Morgan fingerprint density at radius 2 is 1.85 bits per heavy atom. The summed E-state index contributed by atoms with van der Waals surface area (Å²) in [5.41, 5.74) is 9.51. The van der Waals surface area contributed by atoms with Gasteiger partial charge < -0.3 is 5.73 Å². The standard InChI is InChI=1S/C16H17FN2O/c1-9(2)15-10(3)14(13(8-20)16(18)19-15)11-4-6-12(17)7-5-11/h4-9H,1-3H3,(H2,18,19). The van der Waals surface area contributed by atoms with Crippen LogP contribution in [-0.2, 0) is 0 Å². The lowest BCUT2D eigenvalue weighted by Crippen LogP contribution is -2.08. The average molecular weight is 272 g/mol. The number of aromatic nitrogens is 1. The molecule has 20 heavy (non-hydrogen) atoms. The van der Waals surface area contributed by atoms with Crippen molar-refractivity contribution in [3.05, 3.63) is 46.9 Å². The third-order valence-corrected chi connectivity index (χ3v) is 3.34. The van der Waals surface area contributed by atoms with Gasteiger partial charge in [-0.05, 0) is 36.1 Å². The summed E-state index contributed by atoms with van der Waals surface area (Å²) in [6.45, 7) is 5.95. The van der Waals surface area contributed by atoms with Gasteiger partial charge in [0.1, 0.15) is 11.6 Å². The molecule has 1 aromatic heterocycles. The summed E-state index contributed by atoms with van der Waals surface area (Å²) in [6, 6.07) is 6.03. The Morgan fingerprint density at radius 1 is 1.25 bits per heavy atom. The predicted molar refractivity (Wildman–Crippen MR) is 78.3 cm³/mol. The molecule has 2 rings (SSSR count). The number of rotatable bonds is 3. The van der Waals surface area contributed by atoms with Crippen LogP contribution in [0.1, 0.15) is 41.4 Å². The second kappa shape index (κ2) is 5.41. The van der Waals surface area contributed by atoms with Crippen LogP contribution in [0, 0.1) is 12.7 Å². The number of nitrogen functional groups attached to an aromatic ring is 1. The zero-order valence-electron chi connectivity index (χ0n) is 11.8. The zero-order chi connectivity index (χ0) is 14.9. The number of nitrogens with two attached hydrogens (primary N) is 1. The van der Waals surface area contributed by atoms with Gasteiger partial charge in [0, 0.05) is 11.3 Å². The first-order valence-corrected chi connectivity index (χ1v) is 6.46. The zero-order valence-corrected chi connectivity index (χ0v) is 11.8. The van der Waals surface area contributed by atoms with Crippen LogP contribution in [0.5, 0.6) is 0 Å². The van der Waals surface area contributed by atoms with Gasteiger partial charge in [0.2, 0.25) is 0 Å². The van der Waals surface area contributed by atoms with Gasteiger partial charge >= 0.3 is 0 Å². The van der Waals surface area contributed by atoms with Crippen molar-refractivity contribution in [3.63, 3.8) is 0 Å². The second-order valence-corrected chi connectivity index (χ2v) is 5.08. The lowest BCUT2D eigenvalue weighted by atomic mass is 9.92. The van der Waals surface area contributed by atoms with Crippen LogP contribution in [0.25, 0.3) is 11.1 Å². The third-order valence-electron chi connectivity index (χ3n) is 3.34. The van der Waals surface area contributed by atoms with Crippen LogP contribution in [0.4, 0.5) is 10.2 Å². The molecule has 0 fully saturated rings. The second-order valence-electron chi connectivity index (χ2n) is 5.08. The molecule has 4 heteroatoms. The molecule has 0 atom stereocenters. The van der Waals surface area contributed by atoms with Crippen molar-refractivity contribution < 1.29 is 9.18 Å². The van der Waals surface area contributed by atoms with Crippen LogP contribution in [0.3, 0.4) is 0 Å². The van der Waals surface area contributed by atoms with E-state index < -0.39 is 0 Å². The molecule has 1 heterocycles. The number of pyridine rings is 1. The van der Waals surface area contributed by atoms with Gasteiger partial charge in [-0.1, -0.05) is 26.0 Å². The number of anilines is 1. The first kappa shape index (κ1) is 14.2. The monoisotopic (exact) mass is 272 g/mol. The highest BCUT2D eigenvalue weighted by Gasteiger charge is 2.18. The minimum absolute atomic E-state index is 0.192. The summed E-state index contributed by atoms with van der Waals surface area (Å²) in [5, 5.41) is 0. The first-order valence-electron chi connectivity index (χ1n) is 6.46. The molecule has 104 valence electrons. The maximum Gasteiger partial charge on any atom is 0.154 e. The molecule has 2 N–H and O–H groups in total. The number of carbonyl (C=O) groups is 1. The summed E-state index contributed by atoms with van der Waals surface area (Å²) in [5.74, 6) is 0.0935. The maximum absolute atomic E-state index is 13.1. The summed E-state index contributed by atoms with van der Waals surface area (Å²) in [4.78, 5) is 15.6. The molecule has 0 aliphatic carbocycles. The van der Waals surface area contributed by atoms with Crippen LogP contribution >= 0.6 is 0 Å². The number of halogens is 1. The van der Waals surface area contributed by atoms with Crippen LogP contribution in [0.15, 0.2) is 24.3 Å². The van der Waals surface area contributed by atoms with Gasteiger partial charge in [-0.3, -0.25) is 4.79 Å². The summed E-state index contributed by atoms with van der Waals surface area (Å²) >= 11 is 0. The van der Waals surface area contributed by atoms with Gasteiger partial charge in [0.25, 0.3) is 0 Å². The smallest absolute Gasteiger partial charge is 0.154 e. The van der Waals surface area contributed by atoms with E-state index in [1.54, 1.807) is 12.1 Å². The molecule has 0 aliphatic rings. The fraction of sp³-hybridized carbons (Fsp3) is 0.250. The van der Waals surface area contributed by atoms with Gasteiger partial charge in [-0.25, -0.2) is 9.37 Å². The molecule has 2 aromatic rings. The number of benzene rings is 1. The quantitative estimate of drug-likeness (QED) is 0.866. The molecule has 0 saturated carbocycles. The fourth-order valence-corrected chi connectivity index (χ4v) is 2.40. The highest BCUT2D eigenvalue weighted by atomic mass is 19.1. The van der Waals surface area contributed by atoms with Crippen molar-refractivity contribution in [2.24, 2.45) is 0 Å². The Balaban J connectivity index is 2.78. The predicted octanol–water partition coefficient (Wildman–Crippen LogP) is 3.71. The lowest BCUT2D eigenvalue weighted by Gasteiger charge is -2.17. The number of hydrogen-bond acceptors (Lipinski definition) is 3. The van der Waals surface area contributed by atoms with Crippen LogP contribution in [-0.4, -0.2) is 11.3 Å². The number of hydrogen-bond donors (Lipinski definition) is 1. The number of carbonyl (C=O) groups excluding carboxylic acids is 1. The van der Waals surface area contributed by atoms with Crippen molar-refractivity contribution in [1.82, 2.24) is 4.98 Å². The van der Waals surface area contributed by atoms with E-state index in [0.29, 0.717) is 11.8 Å². The molecule has 0 unspecified atom stereocenters. The summed E-state index contributed by atoms with van der Waals surface area (Å²) in [7, 11) is 0. The van der Waals surface area contributed by atoms with Crippen molar-refractivity contribution in [2.75, 3.05) is 5.73 Å². The third kappa shape index (κ3) is 2.41. The van der Waals surface area contributed by atoms with E-state index in [2.05, 4.69) is 4.98 Å². The van der Waals surface area contributed by atoms with Gasteiger partial charge in [-0.2, -0.15) is 0 Å². The Labute approximate surface area is 117 Å². The molecular weight excluding hydrogens is 255 g/mol. The van der Waals surface area contributed by atoms with E-state index in [1.807, 2.05) is 20.8 Å². The average Bonchev–Trinajstić information content (AvgIpc) is 2.41. The molecule has 0 amide bonds. The molecule has 1 aromatic carbocycles. The summed E-state index contributed by atoms with van der Waals surface area (Å²) in [6.07, 6.45) is 0.706. The molecule has 0 bridgehead atoms. The molecule has 0 aliphatic heterocycles. The Kier molecular flexibility index (Phi) is 3.84. The van der Waals surface area contributed by atoms with E-state index in [4.69, 9.17) is 5.73 Å². The highest BCUT2D eigenvalue weighted by molar-refractivity contribution is 5.94. The Hall–Kier alpha value is -2.23. The Morgan fingerprint density at radius 3 is 2.35 bits per heavy atom. The molecular formula is C16H17FN2O. The SMILES string of the molecule is Cc1c(C(C)C)nc(N)c(C=O)c1-c1ccc(F)cc1. The van der Waals surface area contributed by atoms with Crippen molar-refractivity contribution >= 4 is 12.1 Å². The van der Waals surface area contributed by atoms with E-state index in [0.717, 1.165) is 22.4 Å². The maximum atomic E-state index is 13.1. The molecule has 3 nitrogen and oxygen atoms in total. The van der Waals surface area contributed by atoms with Crippen molar-refractivity contribution in [1.29, 1.82) is 0 Å². The van der Waals surface area contributed by atoms with E-state index in [9.17, 15) is 9.18 Å². The number of nitrogens with zero attached hydrogens (tertiary/aromatic N) is 1. The highest BCUT2D eigenvalue weighted by Crippen LogP contribution is 2.33. The lowest BCUT2D eigenvalue weighted by molar-refractivity contribution is 0.112. The van der Waals surface area contributed by atoms with Crippen molar-refractivity contribution in [3.8, 4) is 11.1 Å². The largest absolute Gasteiger partial charge is 0.383 e. The topological polar surface area (TPSA) is 56.0 Å². The minimum Gasteiger partial charge on any atom is -0.383 e. The van der Waals surface area contributed by atoms with Gasteiger partial charge in [0.15, 0.2) is 6.29 Å². The normalized spacial score (nSPS) is 10.8. The van der Waals surface area contributed by atoms with Gasteiger partial charge in [0.05, 0.1) is 5.56 Å². The minimum atomic E-state index is -0.315. The Bertz CT molecular complexity index is 649. The first-order chi connectivity index (χ1) is 9.45.